The van der Waals surface area contributed by atoms with E-state index in [2.05, 4.69) is 30.7 Å². The molecule has 0 aromatic rings. The molecule has 0 saturated carbocycles. The molecule has 0 aromatic heterocycles. The molecule has 19 heavy (non-hydrogen) atoms. The molecule has 0 spiro atoms. The van der Waals surface area contributed by atoms with E-state index in [0.717, 1.165) is 13.1 Å². The summed E-state index contributed by atoms with van der Waals surface area (Å²) in [6, 6.07) is 0.969. The van der Waals surface area contributed by atoms with Crippen molar-refractivity contribution in [2.45, 2.75) is 32.4 Å². The Bertz CT molecular complexity index is 325. The number of rotatable bonds is 5. The minimum absolute atomic E-state index is 0.139. The van der Waals surface area contributed by atoms with Crippen LogP contribution in [0.5, 0.6) is 0 Å². The highest BCUT2D eigenvalue weighted by Gasteiger charge is 2.27. The molecule has 2 unspecified atom stereocenters. The van der Waals surface area contributed by atoms with E-state index in [4.69, 9.17) is 18.0 Å². The van der Waals surface area contributed by atoms with E-state index in [-0.39, 0.29) is 5.91 Å². The van der Waals surface area contributed by atoms with Crippen molar-refractivity contribution in [3.05, 3.63) is 0 Å². The van der Waals surface area contributed by atoms with E-state index in [1.165, 1.54) is 0 Å². The van der Waals surface area contributed by atoms with Crippen molar-refractivity contribution < 1.29 is 4.79 Å². The molecule has 1 aliphatic rings. The van der Waals surface area contributed by atoms with Crippen LogP contribution in [-0.2, 0) is 4.79 Å². The zero-order valence-corrected chi connectivity index (χ0v) is 13.2. The highest BCUT2D eigenvalue weighted by molar-refractivity contribution is 7.80. The van der Waals surface area contributed by atoms with Crippen molar-refractivity contribution in [2.24, 2.45) is 5.73 Å². The third kappa shape index (κ3) is 5.04. The molecular weight excluding hydrogens is 260 g/mol. The van der Waals surface area contributed by atoms with Crippen LogP contribution >= 0.6 is 12.2 Å². The average Bonchev–Trinajstić information content (AvgIpc) is 2.32. The van der Waals surface area contributed by atoms with Crippen molar-refractivity contribution in [3.63, 3.8) is 0 Å². The van der Waals surface area contributed by atoms with Gasteiger partial charge >= 0.3 is 0 Å². The second-order valence-corrected chi connectivity index (χ2v) is 6.11. The number of likely N-dealkylation sites (N-methyl/N-ethyl adjacent to an activating group) is 2. The molecule has 2 atom stereocenters. The van der Waals surface area contributed by atoms with Crippen molar-refractivity contribution in [2.75, 3.05) is 40.3 Å². The number of thiocarbonyl (C=S) groups is 1. The van der Waals surface area contributed by atoms with Gasteiger partial charge in [-0.1, -0.05) is 12.2 Å². The van der Waals surface area contributed by atoms with Crippen LogP contribution in [0.1, 0.15) is 20.3 Å². The first-order valence-corrected chi connectivity index (χ1v) is 7.18. The van der Waals surface area contributed by atoms with E-state index in [0.29, 0.717) is 36.6 Å². The Balaban J connectivity index is 2.42. The van der Waals surface area contributed by atoms with Gasteiger partial charge in [0.1, 0.15) is 0 Å². The quantitative estimate of drug-likeness (QED) is 0.729. The first-order valence-electron chi connectivity index (χ1n) is 6.77. The second kappa shape index (κ2) is 7.17. The fourth-order valence-corrected chi connectivity index (χ4v) is 2.45. The van der Waals surface area contributed by atoms with Crippen LogP contribution in [0.4, 0.5) is 0 Å². The number of carbonyl (C=O) groups is 1. The van der Waals surface area contributed by atoms with Gasteiger partial charge < -0.3 is 10.6 Å². The molecule has 1 saturated heterocycles. The summed E-state index contributed by atoms with van der Waals surface area (Å²) < 4.78 is 0. The monoisotopic (exact) mass is 286 g/mol. The summed E-state index contributed by atoms with van der Waals surface area (Å²) in [5.74, 6) is 0.139. The van der Waals surface area contributed by atoms with Gasteiger partial charge in [-0.2, -0.15) is 0 Å². The smallest absolute Gasteiger partial charge is 0.236 e. The van der Waals surface area contributed by atoms with Crippen molar-refractivity contribution >= 4 is 23.1 Å². The lowest BCUT2D eigenvalue weighted by atomic mass is 10.1. The summed E-state index contributed by atoms with van der Waals surface area (Å²) in [6.45, 7) is 7.36. The first-order chi connectivity index (χ1) is 8.81. The molecule has 1 amide bonds. The summed E-state index contributed by atoms with van der Waals surface area (Å²) in [7, 11) is 3.95. The number of hydrogen-bond acceptors (Lipinski definition) is 4. The Kier molecular flexibility index (Phi) is 6.16. The third-order valence-corrected chi connectivity index (χ3v) is 4.12. The molecule has 0 bridgehead atoms. The van der Waals surface area contributed by atoms with E-state index in [9.17, 15) is 4.79 Å². The van der Waals surface area contributed by atoms with Crippen LogP contribution in [0.15, 0.2) is 0 Å². The SMILES string of the molecule is CC1CN(CC(=O)N(C)CCC(N)=S)CC(C)N1C. The third-order valence-electron chi connectivity index (χ3n) is 3.91. The van der Waals surface area contributed by atoms with Gasteiger partial charge in [-0.25, -0.2) is 0 Å². The molecule has 5 nitrogen and oxygen atoms in total. The normalized spacial score (nSPS) is 25.3. The lowest BCUT2D eigenvalue weighted by molar-refractivity contribution is -0.132. The standard InChI is InChI=1S/C13H26N4OS/c1-10-7-17(8-11(2)16(10)4)9-13(18)15(3)6-5-12(14)19/h10-11H,5-9H2,1-4H3,(H2,14,19). The van der Waals surface area contributed by atoms with E-state index < -0.39 is 0 Å². The van der Waals surface area contributed by atoms with Crippen LogP contribution in [-0.4, -0.2) is 78.0 Å². The Hall–Kier alpha value is -0.720. The summed E-state index contributed by atoms with van der Waals surface area (Å²) >= 11 is 4.83. The number of piperazine rings is 1. The Morgan fingerprint density at radius 2 is 1.89 bits per heavy atom. The number of carbonyl (C=O) groups excluding carboxylic acids is 1. The molecule has 1 rings (SSSR count). The molecular formula is C13H26N4OS. The predicted molar refractivity (Wildman–Crippen MR) is 82.2 cm³/mol. The fourth-order valence-electron chi connectivity index (χ4n) is 2.36. The molecule has 1 fully saturated rings. The maximum absolute atomic E-state index is 12.1. The van der Waals surface area contributed by atoms with Gasteiger partial charge in [-0.3, -0.25) is 14.6 Å². The lowest BCUT2D eigenvalue weighted by Gasteiger charge is -2.42. The van der Waals surface area contributed by atoms with Gasteiger partial charge in [0.25, 0.3) is 0 Å². The van der Waals surface area contributed by atoms with Crippen LogP contribution in [0.2, 0.25) is 0 Å². The van der Waals surface area contributed by atoms with E-state index in [1.807, 2.05) is 7.05 Å². The van der Waals surface area contributed by atoms with Gasteiger partial charge in [0.2, 0.25) is 5.91 Å². The van der Waals surface area contributed by atoms with Crippen molar-refractivity contribution in [3.8, 4) is 0 Å². The minimum atomic E-state index is 0.139. The van der Waals surface area contributed by atoms with Crippen LogP contribution < -0.4 is 5.73 Å². The topological polar surface area (TPSA) is 52.8 Å². The van der Waals surface area contributed by atoms with Gasteiger partial charge in [0.05, 0.1) is 11.5 Å². The van der Waals surface area contributed by atoms with Crippen LogP contribution in [0, 0.1) is 0 Å². The first kappa shape index (κ1) is 16.3. The van der Waals surface area contributed by atoms with Crippen LogP contribution in [0.25, 0.3) is 0 Å². The molecule has 2 N–H and O–H groups in total. The largest absolute Gasteiger partial charge is 0.393 e. The highest BCUT2D eigenvalue weighted by atomic mass is 32.1. The Labute approximate surface area is 121 Å². The summed E-state index contributed by atoms with van der Waals surface area (Å²) in [5.41, 5.74) is 5.45. The summed E-state index contributed by atoms with van der Waals surface area (Å²) in [4.78, 5) is 18.9. The average molecular weight is 286 g/mol. The maximum atomic E-state index is 12.1. The molecule has 6 heteroatoms. The summed E-state index contributed by atoms with van der Waals surface area (Å²) in [6.07, 6.45) is 0.590. The molecule has 1 heterocycles. The minimum Gasteiger partial charge on any atom is -0.393 e. The number of amides is 1. The van der Waals surface area contributed by atoms with Crippen molar-refractivity contribution in [1.82, 2.24) is 14.7 Å². The molecule has 0 aromatic carbocycles. The zero-order chi connectivity index (χ0) is 14.6. The zero-order valence-electron chi connectivity index (χ0n) is 12.4. The Morgan fingerprint density at radius 3 is 2.37 bits per heavy atom. The molecule has 110 valence electrons. The molecule has 0 aliphatic carbocycles. The summed E-state index contributed by atoms with van der Waals surface area (Å²) in [5, 5.41) is 0. The fraction of sp³-hybridized carbons (Fsp3) is 0.846. The lowest BCUT2D eigenvalue weighted by Crippen LogP contribution is -2.56. The second-order valence-electron chi connectivity index (χ2n) is 5.59. The van der Waals surface area contributed by atoms with Crippen LogP contribution in [0.3, 0.4) is 0 Å². The van der Waals surface area contributed by atoms with Crippen molar-refractivity contribution in [1.29, 1.82) is 0 Å². The van der Waals surface area contributed by atoms with Gasteiger partial charge in [0, 0.05) is 45.2 Å². The predicted octanol–water partition coefficient (Wildman–Crippen LogP) is 0.145. The van der Waals surface area contributed by atoms with Gasteiger partial charge in [-0.05, 0) is 20.9 Å². The van der Waals surface area contributed by atoms with Gasteiger partial charge in [-0.15, -0.1) is 0 Å². The number of hydrogen-bond donors (Lipinski definition) is 1. The molecule has 0 radical (unpaired) electrons. The number of nitrogens with two attached hydrogens (primary N) is 1. The van der Waals surface area contributed by atoms with E-state index in [1.54, 1.807) is 4.90 Å². The maximum Gasteiger partial charge on any atom is 0.236 e. The van der Waals surface area contributed by atoms with E-state index >= 15 is 0 Å². The highest BCUT2D eigenvalue weighted by Crippen LogP contribution is 2.13. The van der Waals surface area contributed by atoms with Gasteiger partial charge in [0.15, 0.2) is 0 Å². The number of nitrogens with zero attached hydrogens (tertiary/aromatic N) is 3. The Morgan fingerprint density at radius 1 is 1.37 bits per heavy atom. The molecule has 1 aliphatic heterocycles.